The van der Waals surface area contributed by atoms with E-state index >= 15 is 0 Å². The van der Waals surface area contributed by atoms with Gasteiger partial charge in [0, 0.05) is 11.4 Å². The molecule has 0 bridgehead atoms. The third-order valence-corrected chi connectivity index (χ3v) is 3.82. The number of amides is 2. The van der Waals surface area contributed by atoms with E-state index < -0.39 is 11.8 Å². The molecule has 0 aromatic heterocycles. The number of nitrogens with two attached hydrogens (primary N) is 2. The van der Waals surface area contributed by atoms with Crippen molar-refractivity contribution in [3.8, 4) is 0 Å². The molecule has 0 atom stereocenters. The molecule has 5 nitrogen and oxygen atoms in total. The van der Waals surface area contributed by atoms with Crippen molar-refractivity contribution in [3.63, 3.8) is 0 Å². The summed E-state index contributed by atoms with van der Waals surface area (Å²) in [4.78, 5) is 25.7. The monoisotopic (exact) mass is 331 g/mol. The first-order valence-electron chi connectivity index (χ1n) is 7.72. The fourth-order valence-corrected chi connectivity index (χ4v) is 2.77. The minimum atomic E-state index is -0.707. The number of benzene rings is 3. The second kappa shape index (κ2) is 6.88. The fraction of sp³-hybridized carbons (Fsp3) is 0. The van der Waals surface area contributed by atoms with Gasteiger partial charge in [-0.05, 0) is 36.4 Å². The van der Waals surface area contributed by atoms with Gasteiger partial charge in [0.25, 0.3) is 5.91 Å². The predicted octanol–water partition coefficient (Wildman–Crippen LogP) is 3.35. The average molecular weight is 331 g/mol. The zero-order valence-electron chi connectivity index (χ0n) is 13.4. The molecule has 5 heteroatoms. The van der Waals surface area contributed by atoms with Gasteiger partial charge in [-0.15, -0.1) is 0 Å². The van der Waals surface area contributed by atoms with Gasteiger partial charge in [-0.1, -0.05) is 42.5 Å². The van der Waals surface area contributed by atoms with E-state index in [2.05, 4.69) is 0 Å². The van der Waals surface area contributed by atoms with Crippen LogP contribution < -0.4 is 16.4 Å². The molecule has 0 unspecified atom stereocenters. The van der Waals surface area contributed by atoms with Crippen LogP contribution in [0.3, 0.4) is 0 Å². The van der Waals surface area contributed by atoms with Gasteiger partial charge in [0.15, 0.2) is 0 Å². The van der Waals surface area contributed by atoms with Crippen LogP contribution in [-0.4, -0.2) is 11.8 Å². The summed E-state index contributed by atoms with van der Waals surface area (Å²) in [5.74, 6) is -1.40. The van der Waals surface area contributed by atoms with E-state index in [0.29, 0.717) is 5.69 Å². The Morgan fingerprint density at radius 3 is 1.60 bits per heavy atom. The van der Waals surface area contributed by atoms with Crippen LogP contribution in [0.25, 0.3) is 0 Å². The molecular weight excluding hydrogens is 314 g/mol. The van der Waals surface area contributed by atoms with Gasteiger partial charge in [-0.25, -0.2) is 0 Å². The normalized spacial score (nSPS) is 10.2. The molecule has 0 aliphatic heterocycles. The maximum absolute atomic E-state index is 12.1. The number of para-hydroxylation sites is 2. The van der Waals surface area contributed by atoms with Crippen molar-refractivity contribution in [2.75, 3.05) is 4.90 Å². The Labute approximate surface area is 145 Å². The zero-order valence-corrected chi connectivity index (χ0v) is 13.4. The van der Waals surface area contributed by atoms with Crippen LogP contribution in [0.15, 0.2) is 78.9 Å². The molecule has 124 valence electrons. The van der Waals surface area contributed by atoms with Crippen molar-refractivity contribution in [1.29, 1.82) is 0 Å². The standard InChI is InChI=1S/C20H17N3O2/c21-19(24)16-12-7-13-17(18(16)20(22)25)23(14-8-3-1-4-9-14)15-10-5-2-6-11-15/h1-13H,(H2,21,24)(H2,22,25). The highest BCUT2D eigenvalue weighted by atomic mass is 16.2. The van der Waals surface area contributed by atoms with Gasteiger partial charge in [-0.2, -0.15) is 0 Å². The number of carbonyl (C=O) groups excluding carboxylic acids is 2. The molecule has 2 amide bonds. The Hall–Kier alpha value is -3.60. The van der Waals surface area contributed by atoms with Crippen LogP contribution in [0, 0.1) is 0 Å². The molecule has 3 aromatic rings. The van der Waals surface area contributed by atoms with Crippen molar-refractivity contribution >= 4 is 28.9 Å². The molecular formula is C20H17N3O2. The summed E-state index contributed by atoms with van der Waals surface area (Å²) in [7, 11) is 0. The number of nitrogens with zero attached hydrogens (tertiary/aromatic N) is 1. The van der Waals surface area contributed by atoms with E-state index in [1.165, 1.54) is 6.07 Å². The van der Waals surface area contributed by atoms with Gasteiger partial charge in [0.1, 0.15) is 0 Å². The highest BCUT2D eigenvalue weighted by Gasteiger charge is 2.23. The smallest absolute Gasteiger partial charge is 0.251 e. The van der Waals surface area contributed by atoms with Gasteiger partial charge in [-0.3, -0.25) is 9.59 Å². The molecule has 25 heavy (non-hydrogen) atoms. The zero-order chi connectivity index (χ0) is 17.8. The van der Waals surface area contributed by atoms with Crippen molar-refractivity contribution in [2.24, 2.45) is 11.5 Å². The Morgan fingerprint density at radius 1 is 0.640 bits per heavy atom. The quantitative estimate of drug-likeness (QED) is 0.751. The van der Waals surface area contributed by atoms with Gasteiger partial charge < -0.3 is 16.4 Å². The summed E-state index contributed by atoms with van der Waals surface area (Å²) in [5, 5.41) is 0. The van der Waals surface area contributed by atoms with Crippen molar-refractivity contribution in [1.82, 2.24) is 0 Å². The van der Waals surface area contributed by atoms with Crippen LogP contribution in [0.5, 0.6) is 0 Å². The van der Waals surface area contributed by atoms with E-state index in [-0.39, 0.29) is 11.1 Å². The van der Waals surface area contributed by atoms with Crippen LogP contribution >= 0.6 is 0 Å². The summed E-state index contributed by atoms with van der Waals surface area (Å²) < 4.78 is 0. The van der Waals surface area contributed by atoms with E-state index in [1.54, 1.807) is 12.1 Å². The van der Waals surface area contributed by atoms with E-state index in [4.69, 9.17) is 11.5 Å². The molecule has 0 radical (unpaired) electrons. The predicted molar refractivity (Wildman–Crippen MR) is 98.2 cm³/mol. The lowest BCUT2D eigenvalue weighted by atomic mass is 10.0. The van der Waals surface area contributed by atoms with E-state index in [0.717, 1.165) is 11.4 Å². The number of anilines is 3. The average Bonchev–Trinajstić information content (AvgIpc) is 2.63. The molecule has 0 fully saturated rings. The van der Waals surface area contributed by atoms with Gasteiger partial charge in [0.05, 0.1) is 16.8 Å². The second-order valence-electron chi connectivity index (χ2n) is 5.43. The summed E-state index contributed by atoms with van der Waals surface area (Å²) in [6.07, 6.45) is 0. The molecule has 0 spiro atoms. The first-order chi connectivity index (χ1) is 12.1. The highest BCUT2D eigenvalue weighted by Crippen LogP contribution is 2.37. The van der Waals surface area contributed by atoms with Crippen LogP contribution in [0.4, 0.5) is 17.1 Å². The maximum atomic E-state index is 12.1. The lowest BCUT2D eigenvalue weighted by Gasteiger charge is -2.27. The van der Waals surface area contributed by atoms with Crippen LogP contribution in [-0.2, 0) is 0 Å². The first-order valence-corrected chi connectivity index (χ1v) is 7.72. The number of primary amides is 2. The molecule has 0 heterocycles. The Bertz CT molecular complexity index is 869. The lowest BCUT2D eigenvalue weighted by molar-refractivity contribution is 0.0968. The van der Waals surface area contributed by atoms with Crippen molar-refractivity contribution < 1.29 is 9.59 Å². The summed E-state index contributed by atoms with van der Waals surface area (Å²) in [6.45, 7) is 0. The van der Waals surface area contributed by atoms with E-state index in [1.807, 2.05) is 65.6 Å². The number of rotatable bonds is 5. The highest BCUT2D eigenvalue weighted by molar-refractivity contribution is 6.11. The van der Waals surface area contributed by atoms with Gasteiger partial charge in [0.2, 0.25) is 5.91 Å². The summed E-state index contributed by atoms with van der Waals surface area (Å²) in [6, 6.07) is 24.0. The maximum Gasteiger partial charge on any atom is 0.251 e. The minimum absolute atomic E-state index is 0.0989. The third-order valence-electron chi connectivity index (χ3n) is 3.82. The molecule has 4 N–H and O–H groups in total. The molecule has 0 saturated heterocycles. The molecule has 3 rings (SSSR count). The Morgan fingerprint density at radius 2 is 1.16 bits per heavy atom. The fourth-order valence-electron chi connectivity index (χ4n) is 2.77. The lowest BCUT2D eigenvalue weighted by Crippen LogP contribution is -2.24. The molecule has 0 aliphatic carbocycles. The Balaban J connectivity index is 2.30. The number of hydrogen-bond acceptors (Lipinski definition) is 3. The first kappa shape index (κ1) is 16.3. The SMILES string of the molecule is NC(=O)c1cccc(N(c2ccccc2)c2ccccc2)c1C(N)=O. The molecule has 3 aromatic carbocycles. The third kappa shape index (κ3) is 3.21. The molecule has 0 aliphatic rings. The van der Waals surface area contributed by atoms with Crippen molar-refractivity contribution in [2.45, 2.75) is 0 Å². The minimum Gasteiger partial charge on any atom is -0.366 e. The summed E-state index contributed by atoms with van der Waals surface area (Å²) in [5.41, 5.74) is 13.4. The second-order valence-corrected chi connectivity index (χ2v) is 5.43. The number of hydrogen-bond donors (Lipinski definition) is 2. The Kier molecular flexibility index (Phi) is 4.48. The van der Waals surface area contributed by atoms with Crippen LogP contribution in [0.2, 0.25) is 0 Å². The van der Waals surface area contributed by atoms with Crippen molar-refractivity contribution in [3.05, 3.63) is 90.0 Å². The van der Waals surface area contributed by atoms with Gasteiger partial charge >= 0.3 is 0 Å². The van der Waals surface area contributed by atoms with Crippen LogP contribution in [0.1, 0.15) is 20.7 Å². The number of carbonyl (C=O) groups is 2. The van der Waals surface area contributed by atoms with E-state index in [9.17, 15) is 9.59 Å². The molecule has 0 saturated carbocycles. The largest absolute Gasteiger partial charge is 0.366 e. The summed E-state index contributed by atoms with van der Waals surface area (Å²) >= 11 is 0. The topological polar surface area (TPSA) is 89.4 Å².